The van der Waals surface area contributed by atoms with Crippen molar-refractivity contribution in [1.29, 1.82) is 0 Å². The van der Waals surface area contributed by atoms with Gasteiger partial charge in [0.25, 0.3) is 0 Å². The molecule has 1 rings (SSSR count). The number of rotatable bonds is 6. The van der Waals surface area contributed by atoms with Crippen molar-refractivity contribution in [2.75, 3.05) is 5.75 Å². The van der Waals surface area contributed by atoms with Crippen molar-refractivity contribution < 1.29 is 9.00 Å². The van der Waals surface area contributed by atoms with Crippen molar-refractivity contribution in [2.45, 2.75) is 17.7 Å². The van der Waals surface area contributed by atoms with Gasteiger partial charge in [-0.25, -0.2) is 0 Å². The molecule has 0 bridgehead atoms. The van der Waals surface area contributed by atoms with Gasteiger partial charge >= 0.3 is 0 Å². The second-order valence-corrected chi connectivity index (χ2v) is 4.62. The third kappa shape index (κ3) is 4.21. The van der Waals surface area contributed by atoms with E-state index in [9.17, 15) is 9.00 Å². The third-order valence-electron chi connectivity index (χ3n) is 1.93. The van der Waals surface area contributed by atoms with Gasteiger partial charge in [-0.3, -0.25) is 9.00 Å². The first-order valence-corrected chi connectivity index (χ1v) is 6.12. The lowest BCUT2D eigenvalue weighted by molar-refractivity contribution is -0.116. The van der Waals surface area contributed by atoms with E-state index in [4.69, 9.17) is 0 Å². The highest BCUT2D eigenvalue weighted by Crippen LogP contribution is 2.06. The highest BCUT2D eigenvalue weighted by Gasteiger charge is 2.08. The summed E-state index contributed by atoms with van der Waals surface area (Å²) in [4.78, 5) is 12.1. The van der Waals surface area contributed by atoms with Gasteiger partial charge in [0.2, 0.25) is 0 Å². The third-order valence-corrected chi connectivity index (χ3v) is 3.31. The van der Waals surface area contributed by atoms with Crippen LogP contribution < -0.4 is 0 Å². The normalized spacial score (nSPS) is 12.0. The summed E-state index contributed by atoms with van der Waals surface area (Å²) in [5.74, 6) is 0.134. The summed E-state index contributed by atoms with van der Waals surface area (Å²) in [6.45, 7) is 3.54. The number of hydrogen-bond donors (Lipinski definition) is 0. The maximum absolute atomic E-state index is 11.7. The summed E-state index contributed by atoms with van der Waals surface area (Å²) in [6.07, 6.45) is 2.79. The number of carbonyl (C=O) groups excluding carboxylic acids is 1. The standard InChI is InChI=1S/C12H14O2S/c1-2-3-7-11(13)10-15(14)12-8-5-4-6-9-12/h2,4-6,8-9H,1,3,7,10H2. The van der Waals surface area contributed by atoms with Gasteiger partial charge in [0.1, 0.15) is 5.78 Å². The van der Waals surface area contributed by atoms with Crippen molar-refractivity contribution >= 4 is 16.6 Å². The van der Waals surface area contributed by atoms with Gasteiger partial charge in [-0.15, -0.1) is 6.58 Å². The molecule has 0 fully saturated rings. The van der Waals surface area contributed by atoms with E-state index in [0.29, 0.717) is 17.7 Å². The molecule has 15 heavy (non-hydrogen) atoms. The second kappa shape index (κ2) is 6.30. The lowest BCUT2D eigenvalue weighted by Crippen LogP contribution is -2.10. The fourth-order valence-corrected chi connectivity index (χ4v) is 2.20. The molecule has 0 aliphatic heterocycles. The van der Waals surface area contributed by atoms with Crippen molar-refractivity contribution in [2.24, 2.45) is 0 Å². The number of Topliss-reactive ketones (excluding diaryl/α,β-unsaturated/α-hetero) is 1. The monoisotopic (exact) mass is 222 g/mol. The van der Waals surface area contributed by atoms with Crippen molar-refractivity contribution in [3.63, 3.8) is 0 Å². The van der Waals surface area contributed by atoms with Gasteiger partial charge in [0, 0.05) is 11.3 Å². The first kappa shape index (κ1) is 11.9. The summed E-state index contributed by atoms with van der Waals surface area (Å²) < 4.78 is 11.7. The molecule has 0 saturated heterocycles. The highest BCUT2D eigenvalue weighted by atomic mass is 32.2. The minimum Gasteiger partial charge on any atom is -0.299 e. The topological polar surface area (TPSA) is 34.1 Å². The number of benzene rings is 1. The molecule has 0 spiro atoms. The minimum atomic E-state index is -1.20. The average Bonchev–Trinajstić information content (AvgIpc) is 2.27. The van der Waals surface area contributed by atoms with Crippen LogP contribution in [0.25, 0.3) is 0 Å². The molecule has 1 unspecified atom stereocenters. The molecule has 0 aliphatic carbocycles. The van der Waals surface area contributed by atoms with Crippen LogP contribution in [0.2, 0.25) is 0 Å². The number of allylic oxidation sites excluding steroid dienone is 1. The molecule has 2 nitrogen and oxygen atoms in total. The lowest BCUT2D eigenvalue weighted by atomic mass is 10.2. The van der Waals surface area contributed by atoms with Crippen molar-refractivity contribution in [3.05, 3.63) is 43.0 Å². The maximum atomic E-state index is 11.7. The number of ketones is 1. The van der Waals surface area contributed by atoms with E-state index >= 15 is 0 Å². The molecule has 1 aromatic carbocycles. The molecule has 1 atom stereocenters. The fourth-order valence-electron chi connectivity index (χ4n) is 1.14. The Kier molecular flexibility index (Phi) is 4.98. The summed E-state index contributed by atoms with van der Waals surface area (Å²) in [6, 6.07) is 9.05. The van der Waals surface area contributed by atoms with E-state index in [1.54, 1.807) is 18.2 Å². The predicted octanol–water partition coefficient (Wildman–Crippen LogP) is 2.33. The van der Waals surface area contributed by atoms with Gasteiger partial charge in [-0.1, -0.05) is 24.3 Å². The summed E-state index contributed by atoms with van der Waals surface area (Å²) >= 11 is 0. The van der Waals surface area contributed by atoms with Gasteiger partial charge < -0.3 is 0 Å². The quantitative estimate of drug-likeness (QED) is 0.692. The average molecular weight is 222 g/mol. The van der Waals surface area contributed by atoms with Gasteiger partial charge in [0.05, 0.1) is 16.6 Å². The molecule has 0 amide bonds. The van der Waals surface area contributed by atoms with Crippen LogP contribution in [0, 0.1) is 0 Å². The molecule has 0 saturated carbocycles. The number of hydrogen-bond acceptors (Lipinski definition) is 2. The Morgan fingerprint density at radius 3 is 2.60 bits per heavy atom. The van der Waals surface area contributed by atoms with Crippen molar-refractivity contribution in [3.8, 4) is 0 Å². The molecule has 0 aromatic heterocycles. The lowest BCUT2D eigenvalue weighted by Gasteiger charge is -2.00. The van der Waals surface area contributed by atoms with Crippen LogP contribution in [0.5, 0.6) is 0 Å². The smallest absolute Gasteiger partial charge is 0.146 e. The first-order chi connectivity index (χ1) is 7.24. The van der Waals surface area contributed by atoms with E-state index in [0.717, 1.165) is 0 Å². The number of carbonyl (C=O) groups is 1. The Bertz CT molecular complexity index is 357. The molecule has 0 N–H and O–H groups in total. The second-order valence-electron chi connectivity index (χ2n) is 3.17. The van der Waals surface area contributed by atoms with Crippen LogP contribution in [0.4, 0.5) is 0 Å². The zero-order valence-corrected chi connectivity index (χ0v) is 9.33. The summed E-state index contributed by atoms with van der Waals surface area (Å²) in [7, 11) is -1.20. The largest absolute Gasteiger partial charge is 0.299 e. The minimum absolute atomic E-state index is 0.0251. The molecular formula is C12H14O2S. The SMILES string of the molecule is C=CCCC(=O)CS(=O)c1ccccc1. The predicted molar refractivity (Wildman–Crippen MR) is 62.2 cm³/mol. The highest BCUT2D eigenvalue weighted by molar-refractivity contribution is 7.85. The van der Waals surface area contributed by atoms with E-state index < -0.39 is 10.8 Å². The van der Waals surface area contributed by atoms with Crippen LogP contribution in [-0.2, 0) is 15.6 Å². The van der Waals surface area contributed by atoms with E-state index in [-0.39, 0.29) is 11.5 Å². The van der Waals surface area contributed by atoms with Gasteiger partial charge in [0.15, 0.2) is 0 Å². The van der Waals surface area contributed by atoms with Crippen LogP contribution in [0.3, 0.4) is 0 Å². The zero-order valence-electron chi connectivity index (χ0n) is 8.52. The zero-order chi connectivity index (χ0) is 11.1. The Morgan fingerprint density at radius 2 is 2.00 bits per heavy atom. The molecule has 0 aliphatic rings. The molecule has 80 valence electrons. The van der Waals surface area contributed by atoms with Gasteiger partial charge in [-0.05, 0) is 18.6 Å². The molecule has 0 heterocycles. The van der Waals surface area contributed by atoms with Crippen LogP contribution in [0.15, 0.2) is 47.9 Å². The Labute approximate surface area is 92.5 Å². The summed E-state index contributed by atoms with van der Waals surface area (Å²) in [5, 5.41) is 0. The molecular weight excluding hydrogens is 208 g/mol. The molecule has 1 aromatic rings. The van der Waals surface area contributed by atoms with Crippen LogP contribution in [0.1, 0.15) is 12.8 Å². The molecule has 3 heteroatoms. The van der Waals surface area contributed by atoms with E-state index in [1.165, 1.54) is 0 Å². The van der Waals surface area contributed by atoms with E-state index in [2.05, 4.69) is 6.58 Å². The van der Waals surface area contributed by atoms with E-state index in [1.807, 2.05) is 18.2 Å². The van der Waals surface area contributed by atoms with Crippen LogP contribution >= 0.6 is 0 Å². The summed E-state index contributed by atoms with van der Waals surface area (Å²) in [5.41, 5.74) is 0. The van der Waals surface area contributed by atoms with Crippen LogP contribution in [-0.4, -0.2) is 15.7 Å². The Morgan fingerprint density at radius 1 is 1.33 bits per heavy atom. The Hall–Kier alpha value is -1.22. The molecule has 0 radical (unpaired) electrons. The van der Waals surface area contributed by atoms with Crippen molar-refractivity contribution in [1.82, 2.24) is 0 Å². The maximum Gasteiger partial charge on any atom is 0.146 e. The first-order valence-electron chi connectivity index (χ1n) is 4.80. The fraction of sp³-hybridized carbons (Fsp3) is 0.250. The van der Waals surface area contributed by atoms with Gasteiger partial charge in [-0.2, -0.15) is 0 Å². The Balaban J connectivity index is 2.49.